The quantitative estimate of drug-likeness (QED) is 0.0127. The third-order valence-corrected chi connectivity index (χ3v) is 19.9. The number of hydrogen-bond acceptors (Lipinski definition) is 24. The van der Waals surface area contributed by atoms with Gasteiger partial charge < -0.3 is 129 Å². The van der Waals surface area contributed by atoms with E-state index in [1.807, 2.05) is 0 Å². The van der Waals surface area contributed by atoms with E-state index in [0.717, 1.165) is 0 Å². The van der Waals surface area contributed by atoms with Crippen molar-refractivity contribution in [1.82, 2.24) is 74.4 Å². The minimum Gasteiger partial charge on any atom is -0.508 e. The van der Waals surface area contributed by atoms with Crippen molar-refractivity contribution >= 4 is 138 Å². The molecule has 43 nitrogen and oxygen atoms in total. The maximum Gasteiger partial charge on any atom is 0.326 e. The van der Waals surface area contributed by atoms with E-state index in [1.54, 1.807) is 69.2 Å². The SMILES string of the molecule is CC[C@H](C)[C@H](NC(=O)[C@H](CC(C)C)NC(=O)[C@H](CS)NC(=O)[C@H](CCCCN)NC(=O)[C@H](CCC(=O)O)NC(=O)[C@H](CCC(=O)O)NC(=O)[C@H](Cc1ccc(O)cc1)NC(=O)[C@H](C)NC(=O)[C@H](CC(C)C)NC(=O)[C@@H](N)CCCN=C(N)N)C(=O)N[C@@H](CC(C)C)C(=O)N[C@@H](CCCN=C(N)N)C(=O)N[C@@H](CS)C(=O)N[C@@H](C)C(=O)N[C@H](C(=O)O)C(C)C. The predicted octanol–water partition coefficient (Wildman–Crippen LogP) is -4.16. The predicted molar refractivity (Wildman–Crippen MR) is 463 cm³/mol. The van der Waals surface area contributed by atoms with Gasteiger partial charge in [-0.25, -0.2) is 4.79 Å². The van der Waals surface area contributed by atoms with Gasteiger partial charge >= 0.3 is 17.9 Å². The van der Waals surface area contributed by atoms with Crippen molar-refractivity contribution in [1.29, 1.82) is 0 Å². The lowest BCUT2D eigenvalue weighted by atomic mass is 9.95. The number of hydrogen-bond donors (Lipinski definition) is 26. The lowest BCUT2D eigenvalue weighted by molar-refractivity contribution is -0.143. The van der Waals surface area contributed by atoms with Crippen LogP contribution in [-0.2, 0) is 87.9 Å². The molecule has 1 rings (SSSR count). The zero-order valence-electron chi connectivity index (χ0n) is 72.2. The average Bonchev–Trinajstić information content (AvgIpc) is 0.850. The maximum absolute atomic E-state index is 14.6. The Balaban J connectivity index is 3.70. The van der Waals surface area contributed by atoms with Crippen LogP contribution in [-0.4, -0.2) is 255 Å². The first-order valence-electron chi connectivity index (χ1n) is 41.1. The second kappa shape index (κ2) is 57.5. The number of phenols is 1. The first-order chi connectivity index (χ1) is 57.6. The van der Waals surface area contributed by atoms with Crippen molar-refractivity contribution in [2.45, 2.75) is 276 Å². The van der Waals surface area contributed by atoms with E-state index in [0.29, 0.717) is 12.0 Å². The van der Waals surface area contributed by atoms with Gasteiger partial charge in [0, 0.05) is 43.9 Å². The summed E-state index contributed by atoms with van der Waals surface area (Å²) in [6.45, 7) is 19.9. The molecule has 0 radical (unpaired) electrons. The smallest absolute Gasteiger partial charge is 0.326 e. The number of carboxylic acids is 3. The Bertz CT molecular complexity index is 3740. The number of nitrogens with zero attached hydrogens (tertiary/aromatic N) is 2. The fraction of sp³-hybridized carbons (Fsp3) is 0.679. The Morgan fingerprint density at radius 1 is 0.374 bits per heavy atom. The van der Waals surface area contributed by atoms with E-state index >= 15 is 0 Å². The van der Waals surface area contributed by atoms with Gasteiger partial charge in [0.1, 0.15) is 90.3 Å². The van der Waals surface area contributed by atoms with Crippen LogP contribution in [0.4, 0.5) is 0 Å². The Hall–Kier alpha value is -10.8. The highest BCUT2D eigenvalue weighted by atomic mass is 32.1. The van der Waals surface area contributed by atoms with Gasteiger partial charge in [-0.15, -0.1) is 0 Å². The zero-order chi connectivity index (χ0) is 93.7. The summed E-state index contributed by atoms with van der Waals surface area (Å²) in [5.41, 5.74) is 34.1. The van der Waals surface area contributed by atoms with Crippen LogP contribution in [0.2, 0.25) is 0 Å². The molecule has 0 heterocycles. The number of nitrogens with one attached hydrogen (secondary N) is 14. The largest absolute Gasteiger partial charge is 0.508 e. The van der Waals surface area contributed by atoms with Crippen LogP contribution in [0.1, 0.15) is 185 Å². The lowest BCUT2D eigenvalue weighted by Gasteiger charge is -2.30. The van der Waals surface area contributed by atoms with Crippen LogP contribution in [0.15, 0.2) is 34.3 Å². The maximum atomic E-state index is 14.6. The van der Waals surface area contributed by atoms with Gasteiger partial charge in [0.15, 0.2) is 11.9 Å². The van der Waals surface area contributed by atoms with Crippen LogP contribution in [0.25, 0.3) is 0 Å². The molecule has 0 saturated heterocycles. The molecule has 1 aromatic carbocycles. The molecule has 694 valence electrons. The zero-order valence-corrected chi connectivity index (χ0v) is 74.0. The molecule has 0 aliphatic carbocycles. The third-order valence-electron chi connectivity index (χ3n) is 19.2. The number of thiol groups is 2. The summed E-state index contributed by atoms with van der Waals surface area (Å²) < 4.78 is 0. The highest BCUT2D eigenvalue weighted by molar-refractivity contribution is 7.80. The van der Waals surface area contributed by atoms with E-state index in [9.17, 15) is 102 Å². The van der Waals surface area contributed by atoms with Crippen LogP contribution < -0.4 is 109 Å². The number of carbonyl (C=O) groups excluding carboxylic acids is 14. The Kier molecular flexibility index (Phi) is 51.5. The number of rotatable bonds is 60. The molecule has 0 saturated carbocycles. The topological polar surface area (TPSA) is 720 Å². The van der Waals surface area contributed by atoms with E-state index < -0.39 is 235 Å². The summed E-state index contributed by atoms with van der Waals surface area (Å²) in [5, 5.41) is 74.8. The monoisotopic (exact) mass is 1780 g/mol. The second-order valence-electron chi connectivity index (χ2n) is 31.8. The number of benzene rings is 1. The molecule has 1 aromatic rings. The molecular formula is C78H134N22O21S2. The first-order valence-corrected chi connectivity index (χ1v) is 42.3. The number of aromatic hydroxyl groups is 1. The van der Waals surface area contributed by atoms with Crippen molar-refractivity contribution in [2.24, 2.45) is 74.0 Å². The van der Waals surface area contributed by atoms with Crippen molar-refractivity contribution in [3.63, 3.8) is 0 Å². The summed E-state index contributed by atoms with van der Waals surface area (Å²) in [7, 11) is 0. The highest BCUT2D eigenvalue weighted by Crippen LogP contribution is 2.18. The molecule has 30 N–H and O–H groups in total. The number of carboxylic acid groups (broad SMARTS) is 3. The van der Waals surface area contributed by atoms with Crippen LogP contribution in [0.3, 0.4) is 0 Å². The molecule has 0 fully saturated rings. The van der Waals surface area contributed by atoms with E-state index in [-0.39, 0.29) is 131 Å². The molecule has 0 spiro atoms. The molecular weight excluding hydrogens is 1650 g/mol. The molecule has 0 aliphatic heterocycles. The van der Waals surface area contributed by atoms with Gasteiger partial charge in [-0.1, -0.05) is 87.8 Å². The van der Waals surface area contributed by atoms with E-state index in [2.05, 4.69) is 110 Å². The molecule has 123 heavy (non-hydrogen) atoms. The summed E-state index contributed by atoms with van der Waals surface area (Å²) in [6, 6.07) is -16.5. The fourth-order valence-electron chi connectivity index (χ4n) is 12.1. The van der Waals surface area contributed by atoms with Crippen LogP contribution >= 0.6 is 25.3 Å². The number of guanidine groups is 2. The van der Waals surface area contributed by atoms with Crippen molar-refractivity contribution in [2.75, 3.05) is 31.1 Å². The lowest BCUT2D eigenvalue weighted by Crippen LogP contribution is -2.62. The molecule has 0 aliphatic rings. The van der Waals surface area contributed by atoms with Gasteiger partial charge in [-0.2, -0.15) is 25.3 Å². The molecule has 45 heteroatoms. The number of amides is 14. The van der Waals surface area contributed by atoms with Gasteiger partial charge in [0.05, 0.1) is 6.04 Å². The fourth-order valence-corrected chi connectivity index (χ4v) is 12.6. The number of nitrogens with two attached hydrogens (primary N) is 6. The summed E-state index contributed by atoms with van der Waals surface area (Å²) in [6.07, 6.45) is -2.32. The minimum absolute atomic E-state index is 0.00768. The van der Waals surface area contributed by atoms with Crippen molar-refractivity contribution in [3.8, 4) is 5.75 Å². The third kappa shape index (κ3) is 43.7. The number of aliphatic imine (C=N–C) groups is 2. The average molecular weight is 1780 g/mol. The Morgan fingerprint density at radius 3 is 1.07 bits per heavy atom. The van der Waals surface area contributed by atoms with Gasteiger partial charge in [-0.05, 0) is 145 Å². The van der Waals surface area contributed by atoms with Gasteiger partial charge in [0.2, 0.25) is 82.7 Å². The van der Waals surface area contributed by atoms with Crippen LogP contribution in [0.5, 0.6) is 5.75 Å². The molecule has 0 unspecified atom stereocenters. The minimum atomic E-state index is -1.86. The number of aliphatic carboxylic acids is 3. The molecule has 0 aromatic heterocycles. The van der Waals surface area contributed by atoms with Gasteiger partial charge in [-0.3, -0.25) is 86.7 Å². The van der Waals surface area contributed by atoms with Crippen molar-refractivity contribution in [3.05, 3.63) is 29.8 Å². The van der Waals surface area contributed by atoms with Gasteiger partial charge in [0.25, 0.3) is 0 Å². The summed E-state index contributed by atoms with van der Waals surface area (Å²) >= 11 is 8.57. The van der Waals surface area contributed by atoms with E-state index in [1.165, 1.54) is 38.1 Å². The number of unbranched alkanes of at least 4 members (excludes halogenated alkanes) is 1. The molecule has 14 amide bonds. The second-order valence-corrected chi connectivity index (χ2v) is 32.5. The normalized spacial score (nSPS) is 15.1. The highest BCUT2D eigenvalue weighted by Gasteiger charge is 2.39. The summed E-state index contributed by atoms with van der Waals surface area (Å²) in [5.74, 6) is -20.7. The first kappa shape index (κ1) is 110. The molecule has 16 atom stereocenters. The molecule has 0 bridgehead atoms. The summed E-state index contributed by atoms with van der Waals surface area (Å²) in [4.78, 5) is 242. The van der Waals surface area contributed by atoms with E-state index in [4.69, 9.17) is 34.4 Å². The Labute approximate surface area is 727 Å². The van der Waals surface area contributed by atoms with Crippen LogP contribution in [0, 0.1) is 29.6 Å². The number of phenolic OH excluding ortho intramolecular Hbond substituents is 1. The van der Waals surface area contributed by atoms with Crippen molar-refractivity contribution < 1.29 is 102 Å². The number of carbonyl (C=O) groups is 17. The Morgan fingerprint density at radius 2 is 0.691 bits per heavy atom. The standard InChI is InChI=1S/C78H134N22O21S2/c1-13-42(10)61(75(119)96-53(33-39(4)5)70(114)90-49(20-17-31-86-78(83)84)66(110)97-56(36-122)73(117)88-44(12)63(107)99-60(41(8)9)76(120)121)100-72(116)54(34-40(6)7)95-74(118)57(37-123)98-65(109)48(19-14-15-29-79)89-67(111)50(25-27-58(102)103)91-68(112)51(26-28-59(104)105)92-71(115)55(35-45-21-23-46(101)24-22-45)93-62(106)43(11)87-69(113)52(32-38(2)3)94-64(108)47(80)18-16-30-85-77(81)82/h21-24,38-44,47-57,60-61,101,122-123H,13-20,25-37,79-80H2,1-12H3,(H,87,113)(H,88,117)(H,89,111)(H,90,114)(H,91,112)(H,92,115)(H,93,106)(H,94,108)(H,95,118)(H,96,119)(H,97,110)(H,98,109)(H,99,107)(H,100,116)(H,102,103)(H,104,105)(H,120,121)(H4,81,82,85)(H4,83,84,86)/t42-,43-,44-,47-,48-,49-,50-,51-,52-,53-,54-,55-,56-,57-,60-,61-/m0/s1.